The van der Waals surface area contributed by atoms with E-state index in [4.69, 9.17) is 19.2 Å². The van der Waals surface area contributed by atoms with Gasteiger partial charge in [-0.3, -0.25) is 4.99 Å². The van der Waals surface area contributed by atoms with Crippen LogP contribution >= 0.6 is 0 Å². The molecule has 0 saturated carbocycles. The average molecular weight is 351 g/mol. The molecule has 0 spiro atoms. The summed E-state index contributed by atoms with van der Waals surface area (Å²) in [5.74, 6) is 2.54. The van der Waals surface area contributed by atoms with Gasteiger partial charge in [0.15, 0.2) is 0 Å². The predicted molar refractivity (Wildman–Crippen MR) is 106 cm³/mol. The van der Waals surface area contributed by atoms with E-state index in [0.29, 0.717) is 0 Å². The number of rotatable bonds is 7. The van der Waals surface area contributed by atoms with E-state index in [-0.39, 0.29) is 0 Å². The summed E-state index contributed by atoms with van der Waals surface area (Å²) in [6.45, 7) is 3.65. The molecule has 0 aliphatic carbocycles. The van der Waals surface area contributed by atoms with Crippen molar-refractivity contribution in [3.63, 3.8) is 0 Å². The molecule has 1 aliphatic rings. The van der Waals surface area contributed by atoms with Crippen LogP contribution in [0.15, 0.2) is 47.5 Å². The third kappa shape index (κ3) is 4.07. The summed E-state index contributed by atoms with van der Waals surface area (Å²) in [5, 5.41) is 0. The van der Waals surface area contributed by atoms with Crippen molar-refractivity contribution in [3.05, 3.63) is 59.2 Å². The van der Waals surface area contributed by atoms with Crippen molar-refractivity contribution in [2.75, 3.05) is 27.4 Å². The topological polar surface area (TPSA) is 40.0 Å². The third-order valence-electron chi connectivity index (χ3n) is 4.35. The number of fused-ring (bicyclic) bond motifs is 1. The van der Waals surface area contributed by atoms with Crippen LogP contribution in [-0.4, -0.2) is 33.1 Å². The van der Waals surface area contributed by atoms with E-state index in [0.717, 1.165) is 54.5 Å². The van der Waals surface area contributed by atoms with Gasteiger partial charge >= 0.3 is 0 Å². The molecule has 3 rings (SSSR count). The number of aliphatic imine (C=N–C) groups is 1. The highest BCUT2D eigenvalue weighted by atomic mass is 16.5. The fraction of sp³-hybridized carbons (Fsp3) is 0.318. The second-order valence-corrected chi connectivity index (χ2v) is 6.13. The first-order valence-corrected chi connectivity index (χ1v) is 8.95. The van der Waals surface area contributed by atoms with Crippen LogP contribution in [0.3, 0.4) is 0 Å². The molecule has 0 aromatic heterocycles. The first-order valence-electron chi connectivity index (χ1n) is 8.95. The first kappa shape index (κ1) is 18.1. The van der Waals surface area contributed by atoms with Gasteiger partial charge in [-0.05, 0) is 67.0 Å². The van der Waals surface area contributed by atoms with E-state index in [2.05, 4.69) is 19.1 Å². The molecule has 0 saturated heterocycles. The zero-order valence-electron chi connectivity index (χ0n) is 15.6. The second kappa shape index (κ2) is 8.56. The molecule has 26 heavy (non-hydrogen) atoms. The Morgan fingerprint density at radius 1 is 1.00 bits per heavy atom. The zero-order chi connectivity index (χ0) is 18.4. The average Bonchev–Trinajstić information content (AvgIpc) is 2.70. The molecule has 0 radical (unpaired) electrons. The van der Waals surface area contributed by atoms with E-state index in [9.17, 15) is 0 Å². The Morgan fingerprint density at radius 2 is 1.85 bits per heavy atom. The van der Waals surface area contributed by atoms with Crippen LogP contribution in [0.2, 0.25) is 0 Å². The Balaban J connectivity index is 1.86. The maximum Gasteiger partial charge on any atom is 0.126 e. The van der Waals surface area contributed by atoms with Gasteiger partial charge in [0.25, 0.3) is 0 Å². The largest absolute Gasteiger partial charge is 0.497 e. The molecule has 0 bridgehead atoms. The highest BCUT2D eigenvalue weighted by Crippen LogP contribution is 2.27. The number of nitrogens with zero attached hydrogens (tertiary/aromatic N) is 1. The third-order valence-corrected chi connectivity index (χ3v) is 4.35. The Bertz CT molecular complexity index is 824. The van der Waals surface area contributed by atoms with Gasteiger partial charge in [-0.25, -0.2) is 0 Å². The minimum absolute atomic E-state index is 0.745. The Morgan fingerprint density at radius 3 is 2.62 bits per heavy atom. The summed E-state index contributed by atoms with van der Waals surface area (Å²) in [4.78, 5) is 4.69. The number of hydrogen-bond acceptors (Lipinski definition) is 4. The van der Waals surface area contributed by atoms with Crippen LogP contribution < -0.4 is 14.2 Å². The molecule has 2 aromatic rings. The van der Waals surface area contributed by atoms with Gasteiger partial charge in [0.05, 0.1) is 26.5 Å². The highest BCUT2D eigenvalue weighted by Gasteiger charge is 2.13. The van der Waals surface area contributed by atoms with Crippen LogP contribution in [0.25, 0.3) is 6.08 Å². The molecule has 0 atom stereocenters. The van der Waals surface area contributed by atoms with Crippen molar-refractivity contribution in [3.8, 4) is 17.2 Å². The lowest BCUT2D eigenvalue weighted by Crippen LogP contribution is -2.11. The minimum Gasteiger partial charge on any atom is -0.497 e. The molecule has 136 valence electrons. The van der Waals surface area contributed by atoms with E-state index in [1.165, 1.54) is 11.1 Å². The van der Waals surface area contributed by atoms with Crippen molar-refractivity contribution >= 4 is 11.8 Å². The number of hydrogen-bond donors (Lipinski definition) is 0. The van der Waals surface area contributed by atoms with Gasteiger partial charge in [0.2, 0.25) is 0 Å². The molecule has 1 heterocycles. The SMILES string of the molecule is CCCOc1ccc2c(c1)CCN=C2/C=C/c1cc(OC)ccc1OC. The number of benzene rings is 2. The smallest absolute Gasteiger partial charge is 0.126 e. The molecule has 0 amide bonds. The Kier molecular flexibility index (Phi) is 5.95. The Labute approximate surface area is 155 Å². The van der Waals surface area contributed by atoms with Gasteiger partial charge in [-0.2, -0.15) is 0 Å². The molecule has 4 nitrogen and oxygen atoms in total. The summed E-state index contributed by atoms with van der Waals surface area (Å²) in [6, 6.07) is 12.0. The monoisotopic (exact) mass is 351 g/mol. The maximum atomic E-state index is 5.75. The molecule has 2 aromatic carbocycles. The van der Waals surface area contributed by atoms with Crippen LogP contribution in [0, 0.1) is 0 Å². The lowest BCUT2D eigenvalue weighted by Gasteiger charge is -2.16. The van der Waals surface area contributed by atoms with Crippen LogP contribution in [0.4, 0.5) is 0 Å². The summed E-state index contributed by atoms with van der Waals surface area (Å²) in [6.07, 6.45) is 6.02. The fourth-order valence-corrected chi connectivity index (χ4v) is 3.00. The second-order valence-electron chi connectivity index (χ2n) is 6.13. The standard InChI is InChI=1S/C22H25NO3/c1-4-13-26-19-6-8-20-16(14-19)11-12-23-21(20)9-5-17-15-18(24-2)7-10-22(17)25-3/h5-10,14-15H,4,11-13H2,1-3H3/b9-5+. The van der Waals surface area contributed by atoms with E-state index in [1.54, 1.807) is 14.2 Å². The van der Waals surface area contributed by atoms with Crippen LogP contribution in [0.1, 0.15) is 30.0 Å². The van der Waals surface area contributed by atoms with Gasteiger partial charge in [-0.1, -0.05) is 6.92 Å². The number of methoxy groups -OCH3 is 2. The molecule has 1 aliphatic heterocycles. The van der Waals surface area contributed by atoms with Gasteiger partial charge < -0.3 is 14.2 Å². The number of ether oxygens (including phenoxy) is 3. The van der Waals surface area contributed by atoms with Gasteiger partial charge in [0, 0.05) is 17.7 Å². The first-order chi connectivity index (χ1) is 12.7. The quantitative estimate of drug-likeness (QED) is 0.735. The summed E-state index contributed by atoms with van der Waals surface area (Å²) >= 11 is 0. The molecular weight excluding hydrogens is 326 g/mol. The van der Waals surface area contributed by atoms with Crippen molar-refractivity contribution in [1.29, 1.82) is 0 Å². The lowest BCUT2D eigenvalue weighted by atomic mass is 9.96. The summed E-state index contributed by atoms with van der Waals surface area (Å²) in [5.41, 5.74) is 4.40. The molecular formula is C22H25NO3. The fourth-order valence-electron chi connectivity index (χ4n) is 3.00. The lowest BCUT2D eigenvalue weighted by molar-refractivity contribution is 0.317. The predicted octanol–water partition coefficient (Wildman–Crippen LogP) is 4.55. The van der Waals surface area contributed by atoms with Crippen molar-refractivity contribution in [1.82, 2.24) is 0 Å². The normalized spacial score (nSPS) is 13.3. The zero-order valence-corrected chi connectivity index (χ0v) is 15.6. The van der Waals surface area contributed by atoms with E-state index < -0.39 is 0 Å². The van der Waals surface area contributed by atoms with Gasteiger partial charge in [-0.15, -0.1) is 0 Å². The van der Waals surface area contributed by atoms with Crippen molar-refractivity contribution < 1.29 is 14.2 Å². The van der Waals surface area contributed by atoms with Crippen molar-refractivity contribution in [2.45, 2.75) is 19.8 Å². The molecule has 0 fully saturated rings. The summed E-state index contributed by atoms with van der Waals surface area (Å²) in [7, 11) is 3.33. The summed E-state index contributed by atoms with van der Waals surface area (Å²) < 4.78 is 16.5. The molecule has 0 unspecified atom stereocenters. The van der Waals surface area contributed by atoms with Gasteiger partial charge in [0.1, 0.15) is 17.2 Å². The molecule has 4 heteroatoms. The maximum absolute atomic E-state index is 5.75. The number of allylic oxidation sites excluding steroid dienone is 1. The molecule has 0 N–H and O–H groups in total. The van der Waals surface area contributed by atoms with Crippen LogP contribution in [-0.2, 0) is 6.42 Å². The van der Waals surface area contributed by atoms with E-state index >= 15 is 0 Å². The van der Waals surface area contributed by atoms with Crippen LogP contribution in [0.5, 0.6) is 17.2 Å². The minimum atomic E-state index is 0.745. The van der Waals surface area contributed by atoms with Crippen molar-refractivity contribution in [2.24, 2.45) is 4.99 Å². The van der Waals surface area contributed by atoms with E-state index in [1.807, 2.05) is 36.4 Å². The highest BCUT2D eigenvalue weighted by molar-refractivity contribution is 6.12. The Hall–Kier alpha value is -2.75.